The van der Waals surface area contributed by atoms with Crippen LogP contribution in [0.25, 0.3) is 0 Å². The van der Waals surface area contributed by atoms with E-state index in [-0.39, 0.29) is 6.61 Å². The van der Waals surface area contributed by atoms with Crippen molar-refractivity contribution in [3.63, 3.8) is 0 Å². The molecule has 0 amide bonds. The fourth-order valence-corrected chi connectivity index (χ4v) is 1.10. The molecule has 0 unspecified atom stereocenters. The van der Waals surface area contributed by atoms with Crippen molar-refractivity contribution in [2.75, 3.05) is 6.61 Å². The lowest BCUT2D eigenvalue weighted by atomic mass is 10.2. The third-order valence-electron chi connectivity index (χ3n) is 1.83. The van der Waals surface area contributed by atoms with Crippen molar-refractivity contribution in [2.45, 2.75) is 13.5 Å². The van der Waals surface area contributed by atoms with E-state index in [0.717, 1.165) is 5.57 Å². The smallest absolute Gasteiger partial charge is 0.125 e. The second-order valence-electron chi connectivity index (χ2n) is 3.15. The summed E-state index contributed by atoms with van der Waals surface area (Å²) in [5, 5.41) is 8.98. The molecule has 0 bridgehead atoms. The van der Waals surface area contributed by atoms with Gasteiger partial charge in [-0.05, 0) is 30.7 Å². The van der Waals surface area contributed by atoms with Gasteiger partial charge in [0.2, 0.25) is 0 Å². The van der Waals surface area contributed by atoms with Crippen molar-refractivity contribution < 1.29 is 14.2 Å². The standard InChI is InChI=1S/C11H12ClFO2/c1-8(5-12)7-15-11-3-2-10(13)4-9(11)6-14/h2-5,14H,6-7H2,1H3/b8-5-. The van der Waals surface area contributed by atoms with Crippen molar-refractivity contribution >= 4 is 11.6 Å². The normalized spacial score (nSPS) is 11.6. The van der Waals surface area contributed by atoms with Crippen LogP contribution in [0.5, 0.6) is 5.75 Å². The largest absolute Gasteiger partial charge is 0.489 e. The van der Waals surface area contributed by atoms with Gasteiger partial charge in [-0.2, -0.15) is 0 Å². The minimum atomic E-state index is -0.393. The Morgan fingerprint density at radius 3 is 2.93 bits per heavy atom. The Bertz CT molecular complexity index is 364. The van der Waals surface area contributed by atoms with E-state index in [1.165, 1.54) is 23.7 Å². The Balaban J connectivity index is 2.76. The number of hydrogen-bond acceptors (Lipinski definition) is 2. The number of aliphatic hydroxyl groups excluding tert-OH is 1. The monoisotopic (exact) mass is 230 g/mol. The molecule has 0 fully saturated rings. The van der Waals surface area contributed by atoms with Crippen LogP contribution < -0.4 is 4.74 Å². The SMILES string of the molecule is C/C(=C/Cl)COc1ccc(F)cc1CO. The van der Waals surface area contributed by atoms with Gasteiger partial charge in [0.25, 0.3) is 0 Å². The molecule has 0 radical (unpaired) electrons. The topological polar surface area (TPSA) is 29.5 Å². The number of ether oxygens (including phenoxy) is 1. The van der Waals surface area contributed by atoms with Gasteiger partial charge in [0.05, 0.1) is 6.61 Å². The second-order valence-corrected chi connectivity index (χ2v) is 3.37. The zero-order chi connectivity index (χ0) is 11.3. The predicted octanol–water partition coefficient (Wildman–Crippen LogP) is 2.84. The van der Waals surface area contributed by atoms with Gasteiger partial charge in [-0.3, -0.25) is 0 Å². The van der Waals surface area contributed by atoms with Crippen LogP contribution in [0.4, 0.5) is 4.39 Å². The number of halogens is 2. The van der Waals surface area contributed by atoms with Crippen LogP contribution in [-0.2, 0) is 6.61 Å². The van der Waals surface area contributed by atoms with Gasteiger partial charge >= 0.3 is 0 Å². The summed E-state index contributed by atoms with van der Waals surface area (Å²) >= 11 is 5.47. The van der Waals surface area contributed by atoms with Gasteiger partial charge in [-0.25, -0.2) is 4.39 Å². The summed E-state index contributed by atoms with van der Waals surface area (Å²) in [7, 11) is 0. The summed E-state index contributed by atoms with van der Waals surface area (Å²) in [6.07, 6.45) is 0. The van der Waals surface area contributed by atoms with Crippen LogP contribution in [0, 0.1) is 5.82 Å². The highest BCUT2D eigenvalue weighted by atomic mass is 35.5. The maximum Gasteiger partial charge on any atom is 0.125 e. The molecule has 15 heavy (non-hydrogen) atoms. The van der Waals surface area contributed by atoms with Crippen LogP contribution in [0.1, 0.15) is 12.5 Å². The average Bonchev–Trinajstić information content (AvgIpc) is 2.26. The Hall–Kier alpha value is -1.06. The highest BCUT2D eigenvalue weighted by molar-refractivity contribution is 6.25. The lowest BCUT2D eigenvalue weighted by Gasteiger charge is -2.09. The third-order valence-corrected chi connectivity index (χ3v) is 2.21. The van der Waals surface area contributed by atoms with Crippen molar-refractivity contribution in [3.8, 4) is 5.75 Å². The van der Waals surface area contributed by atoms with E-state index in [0.29, 0.717) is 17.9 Å². The molecule has 0 saturated heterocycles. The predicted molar refractivity (Wildman–Crippen MR) is 57.4 cm³/mol. The zero-order valence-electron chi connectivity index (χ0n) is 8.34. The molecule has 0 spiro atoms. The summed E-state index contributed by atoms with van der Waals surface area (Å²) in [6, 6.07) is 4.02. The van der Waals surface area contributed by atoms with E-state index >= 15 is 0 Å². The minimum absolute atomic E-state index is 0.253. The van der Waals surface area contributed by atoms with E-state index in [1.54, 1.807) is 0 Å². The van der Waals surface area contributed by atoms with E-state index in [1.807, 2.05) is 6.92 Å². The highest BCUT2D eigenvalue weighted by Gasteiger charge is 2.04. The van der Waals surface area contributed by atoms with Crippen LogP contribution in [0.3, 0.4) is 0 Å². The minimum Gasteiger partial charge on any atom is -0.489 e. The van der Waals surface area contributed by atoms with Gasteiger partial charge in [-0.15, -0.1) is 0 Å². The van der Waals surface area contributed by atoms with Gasteiger partial charge in [-0.1, -0.05) is 11.6 Å². The quantitative estimate of drug-likeness (QED) is 0.862. The summed E-state index contributed by atoms with van der Waals surface area (Å²) in [5.74, 6) is 0.0766. The third kappa shape index (κ3) is 3.53. The van der Waals surface area contributed by atoms with Gasteiger partial charge in [0.15, 0.2) is 0 Å². The first-order valence-electron chi connectivity index (χ1n) is 4.45. The van der Waals surface area contributed by atoms with Crippen LogP contribution in [-0.4, -0.2) is 11.7 Å². The van der Waals surface area contributed by atoms with Crippen molar-refractivity contribution in [3.05, 3.63) is 40.7 Å². The summed E-state index contributed by atoms with van der Waals surface area (Å²) in [6.45, 7) is 1.88. The Kier molecular flexibility index (Phi) is 4.59. The molecule has 1 rings (SSSR count). The van der Waals surface area contributed by atoms with Crippen molar-refractivity contribution in [1.29, 1.82) is 0 Å². The first-order valence-corrected chi connectivity index (χ1v) is 4.89. The average molecular weight is 231 g/mol. The van der Waals surface area contributed by atoms with E-state index in [9.17, 15) is 4.39 Å². The Labute approximate surface area is 92.9 Å². The fraction of sp³-hybridized carbons (Fsp3) is 0.273. The molecule has 0 heterocycles. The molecule has 4 heteroatoms. The van der Waals surface area contributed by atoms with Crippen LogP contribution in [0.15, 0.2) is 29.3 Å². The van der Waals surface area contributed by atoms with E-state index in [4.69, 9.17) is 21.4 Å². The number of rotatable bonds is 4. The molecule has 1 N–H and O–H groups in total. The number of benzene rings is 1. The van der Waals surface area contributed by atoms with E-state index < -0.39 is 5.82 Å². The summed E-state index contributed by atoms with van der Waals surface area (Å²) in [4.78, 5) is 0. The first-order chi connectivity index (χ1) is 7.17. The molecule has 1 aromatic rings. The molecule has 1 aromatic carbocycles. The number of hydrogen-bond donors (Lipinski definition) is 1. The maximum atomic E-state index is 12.8. The van der Waals surface area contributed by atoms with E-state index in [2.05, 4.69) is 0 Å². The van der Waals surface area contributed by atoms with Gasteiger partial charge in [0.1, 0.15) is 18.2 Å². The Morgan fingerprint density at radius 2 is 2.33 bits per heavy atom. The van der Waals surface area contributed by atoms with Gasteiger partial charge in [0, 0.05) is 11.1 Å². The summed E-state index contributed by atoms with van der Waals surface area (Å²) < 4.78 is 18.2. The molecular weight excluding hydrogens is 219 g/mol. The van der Waals surface area contributed by atoms with Gasteiger partial charge < -0.3 is 9.84 Å². The molecule has 82 valence electrons. The fourth-order valence-electron chi connectivity index (χ4n) is 1.04. The maximum absolute atomic E-state index is 12.8. The molecule has 0 atom stereocenters. The molecule has 2 nitrogen and oxygen atoms in total. The van der Waals surface area contributed by atoms with Crippen LogP contribution in [0.2, 0.25) is 0 Å². The zero-order valence-corrected chi connectivity index (χ0v) is 9.09. The van der Waals surface area contributed by atoms with Crippen molar-refractivity contribution in [1.82, 2.24) is 0 Å². The molecule has 0 aliphatic rings. The Morgan fingerprint density at radius 1 is 1.60 bits per heavy atom. The first kappa shape index (κ1) is 12.0. The second kappa shape index (κ2) is 5.73. The lowest BCUT2D eigenvalue weighted by Crippen LogP contribution is -2.01. The summed E-state index contributed by atoms with van der Waals surface area (Å²) in [5.41, 5.74) is 2.70. The molecule has 0 aliphatic heterocycles. The highest BCUT2D eigenvalue weighted by Crippen LogP contribution is 2.20. The lowest BCUT2D eigenvalue weighted by molar-refractivity contribution is 0.268. The number of aliphatic hydroxyl groups is 1. The molecular formula is C11H12ClFO2. The molecule has 0 aliphatic carbocycles. The molecule has 0 saturated carbocycles. The van der Waals surface area contributed by atoms with Crippen molar-refractivity contribution in [2.24, 2.45) is 0 Å². The molecule has 0 aromatic heterocycles. The van der Waals surface area contributed by atoms with Crippen LogP contribution >= 0.6 is 11.6 Å².